The number of rotatable bonds is 6. The highest BCUT2D eigenvalue weighted by atomic mass is 32.2. The average Bonchev–Trinajstić information content (AvgIpc) is 3.39. The fourth-order valence-electron chi connectivity index (χ4n) is 4.18. The summed E-state index contributed by atoms with van der Waals surface area (Å²) in [5, 5.41) is 5.49. The predicted molar refractivity (Wildman–Crippen MR) is 116 cm³/mol. The van der Waals surface area contributed by atoms with E-state index in [4.69, 9.17) is 0 Å². The monoisotopic (exact) mass is 433 g/mol. The van der Waals surface area contributed by atoms with Gasteiger partial charge in [0.1, 0.15) is 0 Å². The fraction of sp³-hybridized carbons (Fsp3) is 0.476. The van der Waals surface area contributed by atoms with E-state index in [-0.39, 0.29) is 30.3 Å². The van der Waals surface area contributed by atoms with Gasteiger partial charge in [0, 0.05) is 37.1 Å². The summed E-state index contributed by atoms with van der Waals surface area (Å²) in [6, 6.07) is 14.4. The Morgan fingerprint density at radius 3 is 2.48 bits per heavy atom. The number of benzene rings is 1. The van der Waals surface area contributed by atoms with Crippen molar-refractivity contribution in [1.29, 1.82) is 0 Å². The molecule has 0 bridgehead atoms. The van der Waals surface area contributed by atoms with Gasteiger partial charge in [-0.2, -0.15) is 0 Å². The Morgan fingerprint density at radius 1 is 1.10 bits per heavy atom. The Balaban J connectivity index is 1.31. The number of nitrogens with one attached hydrogen (secondary N) is 1. The summed E-state index contributed by atoms with van der Waals surface area (Å²) in [7, 11) is -2.87. The largest absolute Gasteiger partial charge is 0.339 e. The maximum Gasteiger partial charge on any atom is 0.236 e. The first-order valence-corrected chi connectivity index (χ1v) is 12.8. The quantitative estimate of drug-likeness (QED) is 0.752. The van der Waals surface area contributed by atoms with E-state index < -0.39 is 9.84 Å². The zero-order valence-electron chi connectivity index (χ0n) is 16.4. The van der Waals surface area contributed by atoms with Crippen LogP contribution >= 0.6 is 11.3 Å². The van der Waals surface area contributed by atoms with Crippen LogP contribution in [0, 0.1) is 0 Å². The van der Waals surface area contributed by atoms with Gasteiger partial charge >= 0.3 is 0 Å². The van der Waals surface area contributed by atoms with Gasteiger partial charge in [-0.15, -0.1) is 11.3 Å². The van der Waals surface area contributed by atoms with E-state index in [1.165, 1.54) is 4.88 Å². The minimum absolute atomic E-state index is 0.00475. The molecule has 2 aliphatic rings. The molecule has 0 spiro atoms. The molecule has 2 fully saturated rings. The lowest BCUT2D eigenvalue weighted by molar-refractivity contribution is -0.132. The van der Waals surface area contributed by atoms with Crippen molar-refractivity contribution >= 4 is 27.1 Å². The van der Waals surface area contributed by atoms with Crippen LogP contribution in [0.1, 0.15) is 22.9 Å². The molecule has 2 unspecified atom stereocenters. The number of sulfone groups is 1. The van der Waals surface area contributed by atoms with Crippen LogP contribution in [0.4, 0.5) is 0 Å². The Kier molecular flexibility index (Phi) is 6.34. The number of amides is 1. The lowest BCUT2D eigenvalue weighted by Gasteiger charge is -2.37. The average molecular weight is 434 g/mol. The highest BCUT2D eigenvalue weighted by molar-refractivity contribution is 7.91. The summed E-state index contributed by atoms with van der Waals surface area (Å²) in [6.07, 6.45) is 0.720. The van der Waals surface area contributed by atoms with E-state index in [1.54, 1.807) is 11.3 Å². The Labute approximate surface area is 176 Å². The number of carbonyl (C=O) groups is 1. The molecule has 1 amide bonds. The van der Waals surface area contributed by atoms with Gasteiger partial charge < -0.3 is 4.90 Å². The molecule has 156 valence electrons. The van der Waals surface area contributed by atoms with Crippen LogP contribution in [0.2, 0.25) is 0 Å². The molecule has 0 radical (unpaired) electrons. The van der Waals surface area contributed by atoms with Crippen LogP contribution in [-0.2, 0) is 14.6 Å². The minimum Gasteiger partial charge on any atom is -0.339 e. The smallest absolute Gasteiger partial charge is 0.236 e. The standard InChI is InChI=1S/C21H27N3O3S2/c25-20(24-11-9-23(10-12-24)18-8-14-29(26,27)16-18)15-22-21(19-7-4-13-28-19)17-5-2-1-3-6-17/h1-7,13,18,21-22H,8-12,14-16H2. The first-order valence-electron chi connectivity index (χ1n) is 10.1. The summed E-state index contributed by atoms with van der Waals surface area (Å²) in [4.78, 5) is 18.1. The second-order valence-corrected chi connectivity index (χ2v) is 10.9. The van der Waals surface area contributed by atoms with Crippen molar-refractivity contribution in [3.63, 3.8) is 0 Å². The molecular weight excluding hydrogens is 406 g/mol. The van der Waals surface area contributed by atoms with Crippen LogP contribution in [-0.4, -0.2) is 74.4 Å². The first kappa shape index (κ1) is 20.5. The van der Waals surface area contributed by atoms with E-state index in [1.807, 2.05) is 29.2 Å². The van der Waals surface area contributed by atoms with Crippen LogP contribution in [0.25, 0.3) is 0 Å². The van der Waals surface area contributed by atoms with Crippen LogP contribution in [0.3, 0.4) is 0 Å². The molecule has 3 heterocycles. The number of hydrogen-bond acceptors (Lipinski definition) is 6. The van der Waals surface area contributed by atoms with Gasteiger partial charge in [-0.05, 0) is 23.4 Å². The molecular formula is C21H27N3O3S2. The van der Waals surface area contributed by atoms with Gasteiger partial charge in [-0.25, -0.2) is 8.42 Å². The van der Waals surface area contributed by atoms with Crippen molar-refractivity contribution in [3.8, 4) is 0 Å². The Hall–Kier alpha value is -1.74. The van der Waals surface area contributed by atoms with E-state index >= 15 is 0 Å². The zero-order chi connectivity index (χ0) is 20.3. The van der Waals surface area contributed by atoms with Crippen molar-refractivity contribution in [2.24, 2.45) is 0 Å². The zero-order valence-corrected chi connectivity index (χ0v) is 18.0. The second-order valence-electron chi connectivity index (χ2n) is 7.71. The molecule has 6 nitrogen and oxygen atoms in total. The number of hydrogen-bond donors (Lipinski definition) is 1. The molecule has 1 N–H and O–H groups in total. The maximum atomic E-state index is 12.8. The number of nitrogens with zero attached hydrogens (tertiary/aromatic N) is 2. The predicted octanol–water partition coefficient (Wildman–Crippen LogP) is 1.76. The molecule has 2 aromatic rings. The summed E-state index contributed by atoms with van der Waals surface area (Å²) in [6.45, 7) is 3.10. The van der Waals surface area contributed by atoms with E-state index in [0.717, 1.165) is 25.1 Å². The normalized spacial score (nSPS) is 23.2. The second kappa shape index (κ2) is 8.95. The number of piperazine rings is 1. The SMILES string of the molecule is O=C(CNC(c1ccccc1)c1cccs1)N1CCN(C2CCS(=O)(=O)C2)CC1. The molecule has 1 aromatic heterocycles. The Bertz CT molecular complexity index is 908. The number of thiophene rings is 1. The summed E-state index contributed by atoms with van der Waals surface area (Å²) in [5.74, 6) is 0.660. The van der Waals surface area contributed by atoms with Gasteiger partial charge in [0.2, 0.25) is 5.91 Å². The summed E-state index contributed by atoms with van der Waals surface area (Å²) in [5.41, 5.74) is 1.15. The lowest BCUT2D eigenvalue weighted by Crippen LogP contribution is -2.53. The molecule has 2 atom stereocenters. The highest BCUT2D eigenvalue weighted by Gasteiger charge is 2.34. The van der Waals surface area contributed by atoms with E-state index in [2.05, 4.69) is 33.8 Å². The summed E-state index contributed by atoms with van der Waals surface area (Å²) >= 11 is 1.68. The van der Waals surface area contributed by atoms with Crippen LogP contribution in [0.15, 0.2) is 47.8 Å². The van der Waals surface area contributed by atoms with Gasteiger partial charge in [0.25, 0.3) is 0 Å². The van der Waals surface area contributed by atoms with Crippen molar-refractivity contribution in [3.05, 3.63) is 58.3 Å². The third-order valence-corrected chi connectivity index (χ3v) is 8.50. The molecule has 8 heteroatoms. The minimum atomic E-state index is -2.87. The topological polar surface area (TPSA) is 69.7 Å². The third-order valence-electron chi connectivity index (χ3n) is 5.81. The lowest BCUT2D eigenvalue weighted by atomic mass is 10.1. The van der Waals surface area contributed by atoms with Gasteiger partial charge in [-0.3, -0.25) is 15.0 Å². The van der Waals surface area contributed by atoms with E-state index in [9.17, 15) is 13.2 Å². The molecule has 2 saturated heterocycles. The van der Waals surface area contributed by atoms with Gasteiger partial charge in [0.15, 0.2) is 9.84 Å². The van der Waals surface area contributed by atoms with Crippen LogP contribution < -0.4 is 5.32 Å². The molecule has 2 aliphatic heterocycles. The van der Waals surface area contributed by atoms with Crippen molar-refractivity contribution in [2.45, 2.75) is 18.5 Å². The molecule has 4 rings (SSSR count). The molecule has 0 saturated carbocycles. The van der Waals surface area contributed by atoms with Crippen molar-refractivity contribution in [2.75, 3.05) is 44.2 Å². The van der Waals surface area contributed by atoms with Gasteiger partial charge in [0.05, 0.1) is 24.1 Å². The first-order chi connectivity index (χ1) is 14.0. The molecule has 29 heavy (non-hydrogen) atoms. The van der Waals surface area contributed by atoms with Crippen LogP contribution in [0.5, 0.6) is 0 Å². The highest BCUT2D eigenvalue weighted by Crippen LogP contribution is 2.26. The number of carbonyl (C=O) groups excluding carboxylic acids is 1. The molecule has 1 aromatic carbocycles. The molecule has 0 aliphatic carbocycles. The summed E-state index contributed by atoms with van der Waals surface area (Å²) < 4.78 is 23.4. The fourth-order valence-corrected chi connectivity index (χ4v) is 6.77. The van der Waals surface area contributed by atoms with E-state index in [0.29, 0.717) is 18.8 Å². The maximum absolute atomic E-state index is 12.8. The van der Waals surface area contributed by atoms with Crippen molar-refractivity contribution in [1.82, 2.24) is 15.1 Å². The van der Waals surface area contributed by atoms with Gasteiger partial charge in [-0.1, -0.05) is 36.4 Å². The third kappa shape index (κ3) is 5.06. The Morgan fingerprint density at radius 2 is 1.86 bits per heavy atom. The van der Waals surface area contributed by atoms with Crippen molar-refractivity contribution < 1.29 is 13.2 Å².